The SMILES string of the molecule is C=C(C(=O)O)C(CCCCCCCCCC)CCCCCCCCCCCCF. The Morgan fingerprint density at radius 3 is 1.38 bits per heavy atom. The number of carboxylic acids is 1. The number of carbonyl (C=O) groups is 1. The molecule has 29 heavy (non-hydrogen) atoms. The highest BCUT2D eigenvalue weighted by atomic mass is 19.1. The van der Waals surface area contributed by atoms with Crippen LogP contribution in [0.2, 0.25) is 0 Å². The van der Waals surface area contributed by atoms with E-state index in [1.807, 2.05) is 0 Å². The summed E-state index contributed by atoms with van der Waals surface area (Å²) < 4.78 is 12.0. The molecule has 3 heteroatoms. The van der Waals surface area contributed by atoms with Gasteiger partial charge in [-0.15, -0.1) is 0 Å². The molecule has 0 amide bonds. The molecule has 1 unspecified atom stereocenters. The first-order chi connectivity index (χ1) is 14.1. The summed E-state index contributed by atoms with van der Waals surface area (Å²) in [7, 11) is 0. The van der Waals surface area contributed by atoms with Crippen molar-refractivity contribution in [2.45, 2.75) is 135 Å². The summed E-state index contributed by atoms with van der Waals surface area (Å²) in [6.07, 6.45) is 23.8. The third-order valence-corrected chi connectivity index (χ3v) is 6.11. The van der Waals surface area contributed by atoms with Crippen LogP contribution in [0.15, 0.2) is 12.2 Å². The molecule has 0 aromatic carbocycles. The Morgan fingerprint density at radius 1 is 0.690 bits per heavy atom. The van der Waals surface area contributed by atoms with E-state index in [1.165, 1.54) is 89.9 Å². The molecule has 2 nitrogen and oxygen atoms in total. The molecule has 1 atom stereocenters. The van der Waals surface area contributed by atoms with Gasteiger partial charge in [0.2, 0.25) is 0 Å². The van der Waals surface area contributed by atoms with Crippen LogP contribution in [0.5, 0.6) is 0 Å². The van der Waals surface area contributed by atoms with E-state index < -0.39 is 5.97 Å². The number of rotatable bonds is 23. The van der Waals surface area contributed by atoms with Crippen LogP contribution in [0.4, 0.5) is 4.39 Å². The fraction of sp³-hybridized carbons (Fsp3) is 0.885. The summed E-state index contributed by atoms with van der Waals surface area (Å²) in [5.41, 5.74) is 0.418. The summed E-state index contributed by atoms with van der Waals surface area (Å²) in [6.45, 7) is 5.92. The average molecular weight is 413 g/mol. The van der Waals surface area contributed by atoms with Crippen LogP contribution in [0.1, 0.15) is 135 Å². The summed E-state index contributed by atoms with van der Waals surface area (Å²) in [4.78, 5) is 11.4. The normalized spacial score (nSPS) is 12.2. The highest BCUT2D eigenvalue weighted by Gasteiger charge is 2.17. The first-order valence-corrected chi connectivity index (χ1v) is 12.6. The van der Waals surface area contributed by atoms with Crippen LogP contribution in [-0.4, -0.2) is 17.8 Å². The second-order valence-corrected chi connectivity index (χ2v) is 8.80. The molecule has 0 aromatic rings. The predicted molar refractivity (Wildman–Crippen MR) is 124 cm³/mol. The fourth-order valence-corrected chi connectivity index (χ4v) is 4.09. The lowest BCUT2D eigenvalue weighted by Crippen LogP contribution is -2.12. The maximum atomic E-state index is 12.0. The van der Waals surface area contributed by atoms with Crippen LogP contribution in [0, 0.1) is 5.92 Å². The lowest BCUT2D eigenvalue weighted by atomic mass is 9.88. The Morgan fingerprint density at radius 2 is 1.03 bits per heavy atom. The van der Waals surface area contributed by atoms with Crippen molar-refractivity contribution in [3.05, 3.63) is 12.2 Å². The first-order valence-electron chi connectivity index (χ1n) is 12.6. The first kappa shape index (κ1) is 28.1. The molecule has 0 rings (SSSR count). The third-order valence-electron chi connectivity index (χ3n) is 6.11. The standard InChI is InChI=1S/C26H49FO2/c1-3-4-5-6-7-12-15-18-21-25(24(2)26(28)29)22-19-16-13-10-8-9-11-14-17-20-23-27/h25H,2-23H2,1H3,(H,28,29). The number of alkyl halides is 1. The summed E-state index contributed by atoms with van der Waals surface area (Å²) >= 11 is 0. The van der Waals surface area contributed by atoms with Crippen LogP contribution in [-0.2, 0) is 4.79 Å². The molecular formula is C26H49FO2. The molecule has 0 aliphatic rings. The van der Waals surface area contributed by atoms with E-state index >= 15 is 0 Å². The zero-order valence-corrected chi connectivity index (χ0v) is 19.4. The van der Waals surface area contributed by atoms with E-state index in [4.69, 9.17) is 0 Å². The Labute approximate surface area is 180 Å². The molecule has 0 saturated carbocycles. The van der Waals surface area contributed by atoms with Crippen LogP contribution >= 0.6 is 0 Å². The molecular weight excluding hydrogens is 363 g/mol. The number of hydrogen-bond acceptors (Lipinski definition) is 1. The van der Waals surface area contributed by atoms with Gasteiger partial charge in [0.25, 0.3) is 0 Å². The summed E-state index contributed by atoms with van der Waals surface area (Å²) in [5.74, 6) is -0.662. The van der Waals surface area contributed by atoms with E-state index in [2.05, 4.69) is 13.5 Å². The number of carboxylic acid groups (broad SMARTS) is 1. The fourth-order valence-electron chi connectivity index (χ4n) is 4.09. The van der Waals surface area contributed by atoms with Gasteiger partial charge in [-0.05, 0) is 25.2 Å². The van der Waals surface area contributed by atoms with Gasteiger partial charge < -0.3 is 5.11 Å². The molecule has 0 heterocycles. The molecule has 0 radical (unpaired) electrons. The van der Waals surface area contributed by atoms with E-state index in [1.54, 1.807) is 0 Å². The minimum atomic E-state index is -0.817. The molecule has 0 aliphatic heterocycles. The number of unbranched alkanes of at least 4 members (excludes halogenated alkanes) is 16. The lowest BCUT2D eigenvalue weighted by Gasteiger charge is -2.17. The van der Waals surface area contributed by atoms with Crippen molar-refractivity contribution in [3.63, 3.8) is 0 Å². The molecule has 0 spiro atoms. The van der Waals surface area contributed by atoms with Crippen molar-refractivity contribution in [3.8, 4) is 0 Å². The summed E-state index contributed by atoms with van der Waals surface area (Å²) in [5, 5.41) is 9.33. The average Bonchev–Trinajstić information content (AvgIpc) is 2.71. The second-order valence-electron chi connectivity index (χ2n) is 8.80. The Hall–Kier alpha value is -0.860. The van der Waals surface area contributed by atoms with Crippen molar-refractivity contribution < 1.29 is 14.3 Å². The van der Waals surface area contributed by atoms with Gasteiger partial charge in [0.1, 0.15) is 0 Å². The molecule has 0 aromatic heterocycles. The molecule has 172 valence electrons. The minimum Gasteiger partial charge on any atom is -0.478 e. The van der Waals surface area contributed by atoms with Crippen molar-refractivity contribution in [2.75, 3.05) is 6.67 Å². The van der Waals surface area contributed by atoms with E-state index in [0.717, 1.165) is 38.5 Å². The van der Waals surface area contributed by atoms with Crippen LogP contribution in [0.25, 0.3) is 0 Å². The van der Waals surface area contributed by atoms with Gasteiger partial charge in [-0.1, -0.05) is 123 Å². The largest absolute Gasteiger partial charge is 0.478 e. The maximum absolute atomic E-state index is 12.0. The third kappa shape index (κ3) is 18.9. The van der Waals surface area contributed by atoms with Crippen LogP contribution < -0.4 is 0 Å². The Balaban J connectivity index is 3.74. The second kappa shape index (κ2) is 21.8. The Kier molecular flexibility index (Phi) is 21.2. The number of hydrogen-bond donors (Lipinski definition) is 1. The van der Waals surface area contributed by atoms with Gasteiger partial charge in [0, 0.05) is 5.57 Å². The van der Waals surface area contributed by atoms with Gasteiger partial charge >= 0.3 is 5.97 Å². The van der Waals surface area contributed by atoms with Crippen LogP contribution in [0.3, 0.4) is 0 Å². The van der Waals surface area contributed by atoms with E-state index in [0.29, 0.717) is 5.57 Å². The van der Waals surface area contributed by atoms with E-state index in [9.17, 15) is 14.3 Å². The number of aliphatic carboxylic acids is 1. The monoisotopic (exact) mass is 412 g/mol. The maximum Gasteiger partial charge on any atom is 0.331 e. The molecule has 1 N–H and O–H groups in total. The van der Waals surface area contributed by atoms with Crippen molar-refractivity contribution in [1.82, 2.24) is 0 Å². The smallest absolute Gasteiger partial charge is 0.331 e. The van der Waals surface area contributed by atoms with Gasteiger partial charge in [0.15, 0.2) is 0 Å². The zero-order chi connectivity index (χ0) is 21.6. The summed E-state index contributed by atoms with van der Waals surface area (Å²) in [6, 6.07) is 0. The predicted octanol–water partition coefficient (Wildman–Crippen LogP) is 9.03. The van der Waals surface area contributed by atoms with Crippen molar-refractivity contribution >= 4 is 5.97 Å². The number of halogens is 1. The minimum absolute atomic E-state index is 0.156. The van der Waals surface area contributed by atoms with E-state index in [-0.39, 0.29) is 12.6 Å². The lowest BCUT2D eigenvalue weighted by molar-refractivity contribution is -0.133. The Bertz CT molecular complexity index is 381. The molecule has 0 aliphatic carbocycles. The molecule has 0 fully saturated rings. The topological polar surface area (TPSA) is 37.3 Å². The highest BCUT2D eigenvalue weighted by Crippen LogP contribution is 2.25. The van der Waals surface area contributed by atoms with Gasteiger partial charge in [0.05, 0.1) is 6.67 Å². The van der Waals surface area contributed by atoms with Gasteiger partial charge in [-0.3, -0.25) is 4.39 Å². The molecule has 0 saturated heterocycles. The quantitative estimate of drug-likeness (QED) is 0.134. The van der Waals surface area contributed by atoms with Crippen molar-refractivity contribution in [2.24, 2.45) is 5.92 Å². The highest BCUT2D eigenvalue weighted by molar-refractivity contribution is 5.86. The van der Waals surface area contributed by atoms with Gasteiger partial charge in [-0.2, -0.15) is 0 Å². The zero-order valence-electron chi connectivity index (χ0n) is 19.4. The molecule has 0 bridgehead atoms. The van der Waals surface area contributed by atoms with Crippen molar-refractivity contribution in [1.29, 1.82) is 0 Å². The van der Waals surface area contributed by atoms with Gasteiger partial charge in [-0.25, -0.2) is 4.79 Å².